The van der Waals surface area contributed by atoms with Crippen LogP contribution in [0.3, 0.4) is 0 Å². The molecule has 9 atom stereocenters. The molecule has 0 radical (unpaired) electrons. The van der Waals surface area contributed by atoms with Crippen LogP contribution in [0.2, 0.25) is 15.1 Å². The number of carboxylic acids is 1. The number of nitrogens with zero attached hydrogens (tertiary/aromatic N) is 1. The van der Waals surface area contributed by atoms with Gasteiger partial charge in [-0.25, -0.2) is 0 Å². The standard InChI is InChI=1S/C36H51Cl3N2O2/c1-20(2)21-12-17-36(31(42)43)19-18-34(6)22(28(21)36)8-11-26-33(5)15-14-27(32(3,4)25(33)13-16-35(26,34)7)40-41-30-24(38)10-9-23(37)29(30)39/h9-10,20-22,25-26,28,41H,8,11-19H2,1-7H3,(H,42,43)/b40-27+/t21-,22?,25-,26+,28+,33-,34+,35+,36?/m0/s1. The van der Waals surface area contributed by atoms with E-state index in [9.17, 15) is 9.90 Å². The zero-order valence-corrected chi connectivity index (χ0v) is 29.4. The molecule has 5 saturated carbocycles. The second-order valence-corrected chi connectivity index (χ2v) is 17.9. The first-order chi connectivity index (χ1) is 20.0. The van der Waals surface area contributed by atoms with E-state index in [4.69, 9.17) is 39.9 Å². The Morgan fingerprint density at radius 3 is 2.26 bits per heavy atom. The summed E-state index contributed by atoms with van der Waals surface area (Å²) in [7, 11) is 0. The number of hydrazone groups is 1. The molecule has 5 aliphatic carbocycles. The maximum absolute atomic E-state index is 13.0. The summed E-state index contributed by atoms with van der Waals surface area (Å²) in [5.41, 5.74) is 4.96. The predicted octanol–water partition coefficient (Wildman–Crippen LogP) is 11.2. The second-order valence-electron chi connectivity index (χ2n) is 16.7. The largest absolute Gasteiger partial charge is 0.481 e. The van der Waals surface area contributed by atoms with Crippen LogP contribution in [-0.4, -0.2) is 16.8 Å². The van der Waals surface area contributed by atoms with Crippen LogP contribution in [0, 0.1) is 62.6 Å². The van der Waals surface area contributed by atoms with E-state index in [-0.39, 0.29) is 21.7 Å². The zero-order valence-electron chi connectivity index (χ0n) is 27.1. The highest BCUT2D eigenvalue weighted by atomic mass is 35.5. The van der Waals surface area contributed by atoms with E-state index in [1.807, 2.05) is 0 Å². The van der Waals surface area contributed by atoms with Gasteiger partial charge in [-0.15, -0.1) is 0 Å². The van der Waals surface area contributed by atoms with Crippen LogP contribution >= 0.6 is 34.8 Å². The third-order valence-corrected chi connectivity index (χ3v) is 16.0. The van der Waals surface area contributed by atoms with Crippen LogP contribution in [-0.2, 0) is 4.79 Å². The van der Waals surface area contributed by atoms with Crippen LogP contribution in [0.5, 0.6) is 0 Å². The lowest BCUT2D eigenvalue weighted by Gasteiger charge is -2.72. The molecular weight excluding hydrogens is 599 g/mol. The van der Waals surface area contributed by atoms with E-state index in [1.165, 1.54) is 31.4 Å². The van der Waals surface area contributed by atoms with Gasteiger partial charge in [-0.3, -0.25) is 10.2 Å². The summed E-state index contributed by atoms with van der Waals surface area (Å²) < 4.78 is 0. The number of hydrogen-bond acceptors (Lipinski definition) is 3. The lowest BCUT2D eigenvalue weighted by atomic mass is 9.32. The first-order valence-electron chi connectivity index (χ1n) is 16.7. The molecule has 7 heteroatoms. The molecule has 0 aliphatic heterocycles. The van der Waals surface area contributed by atoms with Gasteiger partial charge >= 0.3 is 5.97 Å². The number of hydrogen-bond donors (Lipinski definition) is 2. The van der Waals surface area contributed by atoms with Crippen LogP contribution in [0.4, 0.5) is 5.69 Å². The lowest BCUT2D eigenvalue weighted by molar-refractivity contribution is -0.232. The fourth-order valence-electron chi connectivity index (χ4n) is 12.5. The zero-order chi connectivity index (χ0) is 31.3. The molecule has 0 saturated heterocycles. The Labute approximate surface area is 274 Å². The van der Waals surface area contributed by atoms with E-state index in [0.717, 1.165) is 38.5 Å². The molecule has 0 amide bonds. The maximum atomic E-state index is 13.0. The van der Waals surface area contributed by atoms with Crippen molar-refractivity contribution in [2.75, 3.05) is 5.43 Å². The predicted molar refractivity (Wildman–Crippen MR) is 179 cm³/mol. The van der Waals surface area contributed by atoms with Crippen LogP contribution in [0.15, 0.2) is 17.2 Å². The minimum atomic E-state index is -0.513. The molecule has 5 fully saturated rings. The third-order valence-electron chi connectivity index (χ3n) is 14.9. The molecule has 1 aromatic rings. The number of fused-ring (bicyclic) bond motifs is 7. The number of nitrogens with one attached hydrogen (secondary N) is 1. The molecule has 6 rings (SSSR count). The molecule has 5 aliphatic rings. The summed E-state index contributed by atoms with van der Waals surface area (Å²) in [4.78, 5) is 13.0. The van der Waals surface area contributed by atoms with E-state index in [2.05, 4.69) is 53.9 Å². The topological polar surface area (TPSA) is 61.7 Å². The Balaban J connectivity index is 1.31. The molecule has 2 unspecified atom stereocenters. The number of benzene rings is 1. The van der Waals surface area contributed by atoms with E-state index < -0.39 is 11.4 Å². The van der Waals surface area contributed by atoms with Crippen molar-refractivity contribution in [2.45, 2.75) is 113 Å². The fraction of sp³-hybridized carbons (Fsp3) is 0.778. The monoisotopic (exact) mass is 648 g/mol. The van der Waals surface area contributed by atoms with Gasteiger partial charge in [-0.2, -0.15) is 5.10 Å². The first kappa shape index (κ1) is 32.0. The molecule has 0 heterocycles. The number of aliphatic carboxylic acids is 1. The van der Waals surface area contributed by atoms with E-state index >= 15 is 0 Å². The normalized spacial score (nSPS) is 44.3. The van der Waals surface area contributed by atoms with Crippen LogP contribution in [0.25, 0.3) is 0 Å². The molecule has 0 spiro atoms. The number of rotatable bonds is 4. The van der Waals surface area contributed by atoms with E-state index in [1.54, 1.807) is 12.1 Å². The van der Waals surface area contributed by atoms with Gasteiger partial charge < -0.3 is 5.11 Å². The quantitative estimate of drug-likeness (QED) is 0.252. The summed E-state index contributed by atoms with van der Waals surface area (Å²) in [5.74, 6) is 2.50. The Hall–Kier alpha value is -0.970. The van der Waals surface area contributed by atoms with Crippen LogP contribution in [0.1, 0.15) is 113 Å². The van der Waals surface area contributed by atoms with Gasteiger partial charge in [0.15, 0.2) is 0 Å². The van der Waals surface area contributed by atoms with Crippen molar-refractivity contribution in [3.05, 3.63) is 27.2 Å². The van der Waals surface area contributed by atoms with Gasteiger partial charge in [0.05, 0.1) is 26.2 Å². The lowest BCUT2D eigenvalue weighted by Crippen LogP contribution is -2.66. The maximum Gasteiger partial charge on any atom is 0.309 e. The molecule has 0 aromatic heterocycles. The van der Waals surface area contributed by atoms with Crippen molar-refractivity contribution in [3.8, 4) is 0 Å². The average molecular weight is 650 g/mol. The smallest absolute Gasteiger partial charge is 0.309 e. The SMILES string of the molecule is CC(C)[C@@H]1CCC2(C(=O)O)CC[C@]3(C)C(CC[C@@H]4[C@@]5(C)CC/C(=N\Nc6c(Cl)ccc(Cl)c6Cl)C(C)(C)[C@@H]5CC[C@]43C)[C@@H]12. The number of carboxylic acid groups (broad SMARTS) is 1. The molecule has 2 N–H and O–H groups in total. The highest BCUT2D eigenvalue weighted by Crippen LogP contribution is 2.77. The highest BCUT2D eigenvalue weighted by Gasteiger charge is 2.72. The highest BCUT2D eigenvalue weighted by molar-refractivity contribution is 6.46. The Bertz CT molecular complexity index is 1340. The van der Waals surface area contributed by atoms with Crippen molar-refractivity contribution < 1.29 is 9.90 Å². The molecule has 238 valence electrons. The fourth-order valence-corrected chi connectivity index (χ4v) is 13.1. The van der Waals surface area contributed by atoms with Crippen molar-refractivity contribution in [1.82, 2.24) is 0 Å². The summed E-state index contributed by atoms with van der Waals surface area (Å²) in [6.07, 6.45) is 10.7. The van der Waals surface area contributed by atoms with Crippen molar-refractivity contribution in [2.24, 2.45) is 67.7 Å². The number of anilines is 1. The molecular formula is C36H51Cl3N2O2. The van der Waals surface area contributed by atoms with Crippen LogP contribution < -0.4 is 5.43 Å². The van der Waals surface area contributed by atoms with E-state index in [0.29, 0.717) is 56.3 Å². The Kier molecular flexibility index (Phi) is 7.83. The second kappa shape index (κ2) is 10.5. The Morgan fingerprint density at radius 1 is 0.884 bits per heavy atom. The Morgan fingerprint density at radius 2 is 1.58 bits per heavy atom. The summed E-state index contributed by atoms with van der Waals surface area (Å²) in [6.45, 7) is 17.3. The summed E-state index contributed by atoms with van der Waals surface area (Å²) >= 11 is 19.2. The minimum absolute atomic E-state index is 0.0736. The van der Waals surface area contributed by atoms with Crippen molar-refractivity contribution in [3.63, 3.8) is 0 Å². The molecule has 4 nitrogen and oxygen atoms in total. The van der Waals surface area contributed by atoms with Gasteiger partial charge in [0.1, 0.15) is 0 Å². The van der Waals surface area contributed by atoms with Gasteiger partial charge in [0, 0.05) is 11.1 Å². The van der Waals surface area contributed by atoms with Crippen molar-refractivity contribution >= 4 is 52.2 Å². The molecule has 0 bridgehead atoms. The average Bonchev–Trinajstić information content (AvgIpc) is 3.34. The minimum Gasteiger partial charge on any atom is -0.481 e. The number of halogens is 3. The van der Waals surface area contributed by atoms with Gasteiger partial charge in [0.25, 0.3) is 0 Å². The third kappa shape index (κ3) is 4.34. The number of carbonyl (C=O) groups is 1. The molecule has 43 heavy (non-hydrogen) atoms. The first-order valence-corrected chi connectivity index (χ1v) is 17.9. The van der Waals surface area contributed by atoms with Gasteiger partial charge in [-0.05, 0) is 128 Å². The summed E-state index contributed by atoms with van der Waals surface area (Å²) in [6, 6.07) is 3.46. The van der Waals surface area contributed by atoms with Gasteiger partial charge in [0.2, 0.25) is 0 Å². The van der Waals surface area contributed by atoms with Gasteiger partial charge in [-0.1, -0.05) is 83.3 Å². The summed E-state index contributed by atoms with van der Waals surface area (Å²) in [5, 5.41) is 17.0. The molecule has 1 aromatic carbocycles. The van der Waals surface area contributed by atoms with Crippen molar-refractivity contribution in [1.29, 1.82) is 0 Å².